The topological polar surface area (TPSA) is 76.4 Å². The second-order valence-electron chi connectivity index (χ2n) is 8.86. The van der Waals surface area contributed by atoms with E-state index in [1.54, 1.807) is 16.8 Å². The van der Waals surface area contributed by atoms with E-state index in [9.17, 15) is 9.18 Å². The van der Waals surface area contributed by atoms with Crippen molar-refractivity contribution in [1.29, 1.82) is 0 Å². The molecule has 186 valence electrons. The summed E-state index contributed by atoms with van der Waals surface area (Å²) in [7, 11) is 0. The molecule has 0 aliphatic carbocycles. The molecule has 0 N–H and O–H groups in total. The van der Waals surface area contributed by atoms with Gasteiger partial charge in [0.25, 0.3) is 5.91 Å². The zero-order valence-corrected chi connectivity index (χ0v) is 20.5. The van der Waals surface area contributed by atoms with Crippen molar-refractivity contribution in [1.82, 2.24) is 24.6 Å². The van der Waals surface area contributed by atoms with E-state index in [4.69, 9.17) is 19.8 Å². The van der Waals surface area contributed by atoms with Crippen LogP contribution in [0.2, 0.25) is 0 Å². The van der Waals surface area contributed by atoms with Gasteiger partial charge in [-0.15, -0.1) is 0 Å². The number of aromatic nitrogens is 4. The number of carbonyl (C=O) groups is 1. The highest BCUT2D eigenvalue weighted by molar-refractivity contribution is 5.91. The molecule has 36 heavy (non-hydrogen) atoms. The summed E-state index contributed by atoms with van der Waals surface area (Å²) in [6.45, 7) is 6.51. The molecule has 9 heteroatoms. The third-order valence-electron chi connectivity index (χ3n) is 6.31. The van der Waals surface area contributed by atoms with E-state index in [2.05, 4.69) is 11.8 Å². The highest BCUT2D eigenvalue weighted by atomic mass is 19.1. The van der Waals surface area contributed by atoms with E-state index in [0.717, 1.165) is 41.3 Å². The minimum absolute atomic E-state index is 0.0198. The fourth-order valence-corrected chi connectivity index (χ4v) is 4.45. The van der Waals surface area contributed by atoms with Crippen LogP contribution in [0, 0.1) is 12.7 Å². The quantitative estimate of drug-likeness (QED) is 0.392. The molecule has 2 aromatic carbocycles. The van der Waals surface area contributed by atoms with Gasteiger partial charge in [0.1, 0.15) is 23.2 Å². The van der Waals surface area contributed by atoms with E-state index < -0.39 is 0 Å². The summed E-state index contributed by atoms with van der Waals surface area (Å²) in [6, 6.07) is 15.6. The number of piperazine rings is 1. The molecular formula is C27H29FN6O2. The Labute approximate surface area is 209 Å². The predicted molar refractivity (Wildman–Crippen MR) is 136 cm³/mol. The molecule has 1 aliphatic heterocycles. The van der Waals surface area contributed by atoms with Crippen LogP contribution in [0.25, 0.3) is 16.7 Å². The van der Waals surface area contributed by atoms with Crippen LogP contribution >= 0.6 is 0 Å². The maximum Gasteiger partial charge on any atom is 0.260 e. The van der Waals surface area contributed by atoms with E-state index in [0.29, 0.717) is 37.6 Å². The molecule has 5 rings (SSSR count). The van der Waals surface area contributed by atoms with Crippen LogP contribution in [-0.2, 0) is 11.2 Å². The Morgan fingerprint density at radius 2 is 1.72 bits per heavy atom. The Hall–Kier alpha value is -4.01. The Morgan fingerprint density at radius 1 is 1.00 bits per heavy atom. The molecule has 1 fully saturated rings. The summed E-state index contributed by atoms with van der Waals surface area (Å²) in [5.41, 5.74) is 2.26. The van der Waals surface area contributed by atoms with Crippen molar-refractivity contribution in [2.24, 2.45) is 0 Å². The monoisotopic (exact) mass is 488 g/mol. The number of aryl methyl sites for hydroxylation is 2. The Bertz CT molecular complexity index is 1350. The number of rotatable bonds is 7. The van der Waals surface area contributed by atoms with Crippen LogP contribution in [-0.4, -0.2) is 63.3 Å². The van der Waals surface area contributed by atoms with Crippen molar-refractivity contribution in [3.63, 3.8) is 0 Å². The number of benzene rings is 2. The van der Waals surface area contributed by atoms with Crippen molar-refractivity contribution in [3.8, 4) is 11.4 Å². The molecule has 1 amide bonds. The highest BCUT2D eigenvalue weighted by Gasteiger charge is 2.26. The summed E-state index contributed by atoms with van der Waals surface area (Å²) in [5.74, 6) is 1.94. The SMILES string of the molecule is CCCc1nc(N2CCN(C(=O)COc3ccccc3)CC2)c2c(C)nn(-c3ccc(F)cc3)c2n1. The summed E-state index contributed by atoms with van der Waals surface area (Å²) >= 11 is 0. The predicted octanol–water partition coefficient (Wildman–Crippen LogP) is 3.94. The number of halogens is 1. The highest BCUT2D eigenvalue weighted by Crippen LogP contribution is 2.30. The number of hydrogen-bond acceptors (Lipinski definition) is 6. The molecule has 4 aromatic rings. The molecular weight excluding hydrogens is 459 g/mol. The molecule has 2 aromatic heterocycles. The molecule has 0 atom stereocenters. The summed E-state index contributed by atoms with van der Waals surface area (Å²) in [4.78, 5) is 26.5. The minimum Gasteiger partial charge on any atom is -0.484 e. The van der Waals surface area contributed by atoms with Gasteiger partial charge in [-0.2, -0.15) is 5.10 Å². The van der Waals surface area contributed by atoms with Gasteiger partial charge in [0.15, 0.2) is 12.3 Å². The molecule has 8 nitrogen and oxygen atoms in total. The van der Waals surface area contributed by atoms with Crippen LogP contribution in [0.5, 0.6) is 5.75 Å². The Balaban J connectivity index is 1.38. The smallest absolute Gasteiger partial charge is 0.260 e. The third-order valence-corrected chi connectivity index (χ3v) is 6.31. The molecule has 0 radical (unpaired) electrons. The lowest BCUT2D eigenvalue weighted by Gasteiger charge is -2.35. The van der Waals surface area contributed by atoms with Gasteiger partial charge in [-0.3, -0.25) is 4.79 Å². The average Bonchev–Trinajstić information content (AvgIpc) is 3.24. The molecule has 0 spiro atoms. The summed E-state index contributed by atoms with van der Waals surface area (Å²) < 4.78 is 20.9. The molecule has 0 unspecified atom stereocenters. The summed E-state index contributed by atoms with van der Waals surface area (Å²) in [5, 5.41) is 5.61. The Kier molecular flexibility index (Phi) is 6.79. The Morgan fingerprint density at radius 3 is 2.42 bits per heavy atom. The van der Waals surface area contributed by atoms with Crippen LogP contribution in [0.1, 0.15) is 24.9 Å². The van der Waals surface area contributed by atoms with E-state index in [1.165, 1.54) is 12.1 Å². The van der Waals surface area contributed by atoms with Gasteiger partial charge >= 0.3 is 0 Å². The van der Waals surface area contributed by atoms with Crippen molar-refractivity contribution >= 4 is 22.8 Å². The molecule has 0 bridgehead atoms. The van der Waals surface area contributed by atoms with Crippen molar-refractivity contribution in [2.75, 3.05) is 37.7 Å². The van der Waals surface area contributed by atoms with Crippen molar-refractivity contribution in [3.05, 3.63) is 71.9 Å². The zero-order chi connectivity index (χ0) is 25.1. The van der Waals surface area contributed by atoms with E-state index >= 15 is 0 Å². The third kappa shape index (κ3) is 4.86. The molecule has 0 saturated carbocycles. The number of nitrogens with zero attached hydrogens (tertiary/aromatic N) is 6. The minimum atomic E-state index is -0.296. The lowest BCUT2D eigenvalue weighted by atomic mass is 10.2. The maximum atomic E-state index is 13.5. The van der Waals surface area contributed by atoms with Gasteiger partial charge in [0.05, 0.1) is 16.8 Å². The van der Waals surface area contributed by atoms with Crippen LogP contribution in [0.15, 0.2) is 54.6 Å². The first-order valence-corrected chi connectivity index (χ1v) is 12.3. The maximum absolute atomic E-state index is 13.5. The largest absolute Gasteiger partial charge is 0.484 e. The zero-order valence-electron chi connectivity index (χ0n) is 20.5. The van der Waals surface area contributed by atoms with E-state index in [1.807, 2.05) is 42.2 Å². The fraction of sp³-hybridized carbons (Fsp3) is 0.333. The van der Waals surface area contributed by atoms with Gasteiger partial charge in [-0.25, -0.2) is 19.0 Å². The second-order valence-corrected chi connectivity index (χ2v) is 8.86. The van der Waals surface area contributed by atoms with Crippen LogP contribution < -0.4 is 9.64 Å². The van der Waals surface area contributed by atoms with Crippen LogP contribution in [0.4, 0.5) is 10.2 Å². The molecule has 3 heterocycles. The number of anilines is 1. The lowest BCUT2D eigenvalue weighted by Crippen LogP contribution is -2.50. The van der Waals surface area contributed by atoms with Gasteiger partial charge in [-0.05, 0) is 49.7 Å². The number of para-hydroxylation sites is 1. The van der Waals surface area contributed by atoms with Crippen molar-refractivity contribution in [2.45, 2.75) is 26.7 Å². The second kappa shape index (κ2) is 10.3. The van der Waals surface area contributed by atoms with Gasteiger partial charge in [0, 0.05) is 32.6 Å². The number of hydrogen-bond donors (Lipinski definition) is 0. The first-order chi connectivity index (χ1) is 17.5. The normalized spacial score (nSPS) is 13.9. The number of amides is 1. The van der Waals surface area contributed by atoms with Gasteiger partial charge < -0.3 is 14.5 Å². The number of fused-ring (bicyclic) bond motifs is 1. The van der Waals surface area contributed by atoms with Gasteiger partial charge in [-0.1, -0.05) is 25.1 Å². The molecule has 1 aliphatic rings. The fourth-order valence-electron chi connectivity index (χ4n) is 4.45. The molecule has 1 saturated heterocycles. The first-order valence-electron chi connectivity index (χ1n) is 12.3. The first kappa shape index (κ1) is 23.7. The van der Waals surface area contributed by atoms with Crippen molar-refractivity contribution < 1.29 is 13.9 Å². The number of ether oxygens (including phenoxy) is 1. The van der Waals surface area contributed by atoms with Gasteiger partial charge in [0.2, 0.25) is 0 Å². The standard InChI is InChI=1S/C27H29FN6O2/c1-3-7-23-29-26(25-19(2)31-34(27(25)30-23)21-12-10-20(28)11-13-21)33-16-14-32(15-17-33)24(35)18-36-22-8-5-4-6-9-22/h4-6,8-13H,3,7,14-18H2,1-2H3. The lowest BCUT2D eigenvalue weighted by molar-refractivity contribution is -0.133. The van der Waals surface area contributed by atoms with Crippen LogP contribution in [0.3, 0.4) is 0 Å². The van der Waals surface area contributed by atoms with E-state index in [-0.39, 0.29) is 18.3 Å². The number of carbonyl (C=O) groups excluding carboxylic acids is 1. The average molecular weight is 489 g/mol. The summed E-state index contributed by atoms with van der Waals surface area (Å²) in [6.07, 6.45) is 1.66.